The van der Waals surface area contributed by atoms with E-state index >= 15 is 0 Å². The lowest BCUT2D eigenvalue weighted by Gasteiger charge is -2.46. The molecule has 43 heavy (non-hydrogen) atoms. The first kappa shape index (κ1) is 35.8. The molecule has 1 heterocycles. The van der Waals surface area contributed by atoms with Crippen LogP contribution in [0.2, 0.25) is 21.7 Å². The normalized spacial score (nSPS) is 19.1. The molecule has 0 saturated heterocycles. The summed E-state index contributed by atoms with van der Waals surface area (Å²) in [4.78, 5) is 0. The van der Waals surface area contributed by atoms with E-state index in [1.165, 1.54) is 10.4 Å². The van der Waals surface area contributed by atoms with Gasteiger partial charge in [-0.2, -0.15) is 0 Å². The molecule has 0 unspecified atom stereocenters. The highest BCUT2D eigenvalue weighted by Gasteiger charge is 2.50. The van der Waals surface area contributed by atoms with Crippen molar-refractivity contribution >= 4 is 27.0 Å². The van der Waals surface area contributed by atoms with E-state index in [9.17, 15) is 5.11 Å². The van der Waals surface area contributed by atoms with E-state index in [1.807, 2.05) is 6.92 Å². The fourth-order valence-electron chi connectivity index (χ4n) is 7.58. The molecule has 3 atom stereocenters. The van der Waals surface area contributed by atoms with Crippen LogP contribution < -0.4 is 10.4 Å². The van der Waals surface area contributed by atoms with Gasteiger partial charge in [0, 0.05) is 25.9 Å². The first-order valence-corrected chi connectivity index (χ1v) is 20.8. The first-order chi connectivity index (χ1) is 20.2. The Hall–Kier alpha value is -1.71. The summed E-state index contributed by atoms with van der Waals surface area (Å²) in [6.45, 7) is 23.6. The van der Waals surface area contributed by atoms with E-state index in [1.54, 1.807) is 0 Å². The molecule has 240 valence electrons. The molecule has 0 spiro atoms. The van der Waals surface area contributed by atoms with Crippen LogP contribution in [-0.2, 0) is 13.6 Å². The molecule has 0 saturated carbocycles. The third-order valence-corrected chi connectivity index (χ3v) is 20.6. The summed E-state index contributed by atoms with van der Waals surface area (Å²) in [6, 6.07) is 21.7. The number of hydrogen-bond acceptors (Lipinski definition) is 4. The number of aliphatic hydroxyl groups excluding tert-OH is 1. The number of ether oxygens (including phenoxy) is 1. The quantitative estimate of drug-likeness (QED) is 0.201. The van der Waals surface area contributed by atoms with Crippen LogP contribution in [-0.4, -0.2) is 46.7 Å². The number of rotatable bonds is 15. The minimum absolute atomic E-state index is 0.0351. The summed E-state index contributed by atoms with van der Waals surface area (Å²) < 4.78 is 21.2. The zero-order chi connectivity index (χ0) is 31.8. The van der Waals surface area contributed by atoms with Crippen molar-refractivity contribution in [1.82, 2.24) is 0 Å². The predicted octanol–water partition coefficient (Wildman–Crippen LogP) is 8.74. The maximum atomic E-state index is 9.88. The number of benzene rings is 2. The first-order valence-electron chi connectivity index (χ1n) is 16.7. The lowest BCUT2D eigenvalue weighted by Crippen LogP contribution is -2.66. The molecule has 1 N–H and O–H groups in total. The molecule has 0 bridgehead atoms. The Morgan fingerprint density at radius 3 is 1.79 bits per heavy atom. The molecule has 0 radical (unpaired) electrons. The molecule has 0 aromatic heterocycles. The number of aliphatic hydroxyl groups is 1. The van der Waals surface area contributed by atoms with Crippen LogP contribution in [0.15, 0.2) is 72.5 Å². The topological polar surface area (TPSA) is 47.9 Å². The van der Waals surface area contributed by atoms with Gasteiger partial charge in [-0.25, -0.2) is 0 Å². The van der Waals surface area contributed by atoms with Crippen molar-refractivity contribution in [3.63, 3.8) is 0 Å². The molecule has 0 amide bonds. The molecule has 1 aliphatic rings. The Morgan fingerprint density at radius 1 is 0.837 bits per heavy atom. The van der Waals surface area contributed by atoms with Gasteiger partial charge in [-0.15, -0.1) is 0 Å². The summed E-state index contributed by atoms with van der Waals surface area (Å²) in [5.41, 5.74) is 1.58. The monoisotopic (exact) mass is 624 g/mol. The van der Waals surface area contributed by atoms with Gasteiger partial charge in [0.15, 0.2) is 0 Å². The van der Waals surface area contributed by atoms with Gasteiger partial charge in [0.1, 0.15) is 6.10 Å². The van der Waals surface area contributed by atoms with Crippen LogP contribution in [0, 0.1) is 0 Å². The number of hydrogen-bond donors (Lipinski definition) is 1. The zero-order valence-electron chi connectivity index (χ0n) is 28.7. The zero-order valence-corrected chi connectivity index (χ0v) is 30.7. The van der Waals surface area contributed by atoms with E-state index in [4.69, 9.17) is 13.6 Å². The van der Waals surface area contributed by atoms with E-state index in [0.29, 0.717) is 23.2 Å². The fourth-order valence-corrected chi connectivity index (χ4v) is 17.7. The third-order valence-electron chi connectivity index (χ3n) is 9.47. The van der Waals surface area contributed by atoms with Gasteiger partial charge in [0.2, 0.25) is 8.32 Å². The highest BCUT2D eigenvalue weighted by Crippen LogP contribution is 2.44. The Bertz CT molecular complexity index is 1060. The van der Waals surface area contributed by atoms with Gasteiger partial charge in [-0.1, -0.05) is 123 Å². The standard InChI is InChI=1S/C37H60O4Si2/c1-28(2)42(29(3)4,30(5)6)41-34-26-32(19-17-18-31(7)38)40-33(27-34)24-25-39-43(37(8,9)10,35-20-13-11-14-21-35)36-22-15-12-16-23-36/h11-16,20-23,26,28-31,33-34,38H,17-19,24-25,27H2,1-10H3/t31-,33-,34-/m1/s1. The summed E-state index contributed by atoms with van der Waals surface area (Å²) in [7, 11) is -4.67. The van der Waals surface area contributed by atoms with Gasteiger partial charge < -0.3 is 18.7 Å². The largest absolute Gasteiger partial charge is 0.495 e. The van der Waals surface area contributed by atoms with E-state index in [-0.39, 0.29) is 23.4 Å². The van der Waals surface area contributed by atoms with Crippen LogP contribution in [0.5, 0.6) is 0 Å². The summed E-state index contributed by atoms with van der Waals surface area (Å²) in [5, 5.41) is 12.4. The molecule has 0 aliphatic carbocycles. The third kappa shape index (κ3) is 8.52. The summed E-state index contributed by atoms with van der Waals surface area (Å²) >= 11 is 0. The smallest absolute Gasteiger partial charge is 0.261 e. The molecular weight excluding hydrogens is 565 g/mol. The molecule has 2 aromatic rings. The second-order valence-electron chi connectivity index (χ2n) is 14.6. The molecule has 6 heteroatoms. The van der Waals surface area contributed by atoms with Crippen molar-refractivity contribution in [2.75, 3.05) is 6.61 Å². The minimum Gasteiger partial charge on any atom is -0.495 e. The van der Waals surface area contributed by atoms with Crippen LogP contribution in [0.1, 0.15) is 101 Å². The van der Waals surface area contributed by atoms with E-state index in [0.717, 1.165) is 37.9 Å². The maximum absolute atomic E-state index is 9.88. The Morgan fingerprint density at radius 2 is 1.35 bits per heavy atom. The SMILES string of the molecule is CC(C)[Si](O[C@@H]1C=C(CCC[C@@H](C)O)O[C@H](CCO[Si](c2ccccc2)(c2ccccc2)C(C)(C)C)C1)(C(C)C)C(C)C. The predicted molar refractivity (Wildman–Crippen MR) is 187 cm³/mol. The Kier molecular flexibility index (Phi) is 12.9. The minimum atomic E-state index is -2.61. The van der Waals surface area contributed by atoms with Crippen LogP contribution in [0.25, 0.3) is 0 Å². The molecule has 0 fully saturated rings. The lowest BCUT2D eigenvalue weighted by molar-refractivity contribution is 0.0277. The average Bonchev–Trinajstić information content (AvgIpc) is 2.93. The number of allylic oxidation sites excluding steroid dienone is 1. The second kappa shape index (κ2) is 15.5. The van der Waals surface area contributed by atoms with Crippen LogP contribution in [0.3, 0.4) is 0 Å². The molecule has 3 rings (SSSR count). The second-order valence-corrected chi connectivity index (χ2v) is 24.3. The van der Waals surface area contributed by atoms with Crippen molar-refractivity contribution in [2.24, 2.45) is 0 Å². The van der Waals surface area contributed by atoms with E-state index in [2.05, 4.69) is 129 Å². The Balaban J connectivity index is 1.88. The van der Waals surface area contributed by atoms with Crippen LogP contribution in [0.4, 0.5) is 0 Å². The van der Waals surface area contributed by atoms with Crippen LogP contribution >= 0.6 is 0 Å². The average molecular weight is 625 g/mol. The Labute approximate surface area is 265 Å². The van der Waals surface area contributed by atoms with Gasteiger partial charge >= 0.3 is 0 Å². The summed E-state index contributed by atoms with van der Waals surface area (Å²) in [5.74, 6) is 1.02. The van der Waals surface area contributed by atoms with Gasteiger partial charge in [-0.05, 0) is 57.9 Å². The van der Waals surface area contributed by atoms with Crippen molar-refractivity contribution in [3.05, 3.63) is 72.5 Å². The van der Waals surface area contributed by atoms with E-state index < -0.39 is 16.6 Å². The molecule has 2 aromatic carbocycles. The maximum Gasteiger partial charge on any atom is 0.261 e. The van der Waals surface area contributed by atoms with Gasteiger partial charge in [0.05, 0.1) is 18.0 Å². The molecule has 4 nitrogen and oxygen atoms in total. The fraction of sp³-hybridized carbons (Fsp3) is 0.622. The highest BCUT2D eigenvalue weighted by atomic mass is 28.4. The van der Waals surface area contributed by atoms with Gasteiger partial charge in [-0.3, -0.25) is 0 Å². The lowest BCUT2D eigenvalue weighted by atomic mass is 10.0. The summed E-state index contributed by atoms with van der Waals surface area (Å²) in [6.07, 6.45) is 6.23. The molecular formula is C37H60O4Si2. The van der Waals surface area contributed by atoms with Crippen molar-refractivity contribution in [2.45, 2.75) is 141 Å². The van der Waals surface area contributed by atoms with Gasteiger partial charge in [0.25, 0.3) is 8.32 Å². The van der Waals surface area contributed by atoms with Crippen molar-refractivity contribution < 1.29 is 18.7 Å². The highest BCUT2D eigenvalue weighted by molar-refractivity contribution is 6.99. The van der Waals surface area contributed by atoms with Crippen molar-refractivity contribution in [1.29, 1.82) is 0 Å². The molecule has 1 aliphatic heterocycles. The van der Waals surface area contributed by atoms with Crippen molar-refractivity contribution in [3.8, 4) is 0 Å².